The number of benzene rings is 1. The van der Waals surface area contributed by atoms with Gasteiger partial charge in [-0.2, -0.15) is 0 Å². The van der Waals surface area contributed by atoms with Gasteiger partial charge in [0, 0.05) is 5.54 Å². The molecule has 1 aromatic carbocycles. The molecule has 2 N–H and O–H groups in total. The Morgan fingerprint density at radius 2 is 1.28 bits per heavy atom. The third kappa shape index (κ3) is 9.11. The van der Waals surface area contributed by atoms with E-state index in [9.17, 15) is 0 Å². The number of aryl methyl sites for hydroxylation is 1. The van der Waals surface area contributed by atoms with Crippen molar-refractivity contribution in [3.8, 4) is 0 Å². The summed E-state index contributed by atoms with van der Waals surface area (Å²) in [7, 11) is 0. The van der Waals surface area contributed by atoms with Crippen molar-refractivity contribution in [2.75, 3.05) is 0 Å². The lowest BCUT2D eigenvalue weighted by molar-refractivity contribution is 0.370. The van der Waals surface area contributed by atoms with Crippen LogP contribution in [0, 0.1) is 0 Å². The molecule has 1 nitrogen and oxygen atoms in total. The quantitative estimate of drug-likeness (QED) is 0.337. The predicted molar refractivity (Wildman–Crippen MR) is 116 cm³/mol. The van der Waals surface area contributed by atoms with Gasteiger partial charge in [0.15, 0.2) is 0 Å². The topological polar surface area (TPSA) is 26.0 Å². The van der Waals surface area contributed by atoms with Crippen molar-refractivity contribution < 1.29 is 0 Å². The molecule has 1 unspecified atom stereocenters. The minimum atomic E-state index is -0.132. The highest BCUT2D eigenvalue weighted by atomic mass is 35.5. The molecule has 0 aliphatic heterocycles. The summed E-state index contributed by atoms with van der Waals surface area (Å²) in [6.07, 6.45) is 17.1. The van der Waals surface area contributed by atoms with Crippen LogP contribution < -0.4 is 5.73 Å². The van der Waals surface area contributed by atoms with Gasteiger partial charge in [-0.25, -0.2) is 0 Å². The van der Waals surface area contributed by atoms with Gasteiger partial charge >= 0.3 is 0 Å². The number of nitrogens with two attached hydrogens (primary N) is 1. The number of unbranched alkanes of at least 4 members (excludes halogenated alkanes) is 9. The summed E-state index contributed by atoms with van der Waals surface area (Å²) < 4.78 is 0. The summed E-state index contributed by atoms with van der Waals surface area (Å²) in [6.45, 7) is 6.75. The lowest BCUT2D eigenvalue weighted by Gasteiger charge is -2.31. The minimum Gasteiger partial charge on any atom is -0.321 e. The van der Waals surface area contributed by atoms with Crippen LogP contribution in [0.3, 0.4) is 0 Å². The maximum atomic E-state index is 6.80. The molecule has 0 bridgehead atoms. The molecule has 0 heterocycles. The molecule has 0 aromatic heterocycles. The van der Waals surface area contributed by atoms with Crippen molar-refractivity contribution in [2.24, 2.45) is 5.73 Å². The summed E-state index contributed by atoms with van der Waals surface area (Å²) in [4.78, 5) is 0. The highest BCUT2D eigenvalue weighted by Gasteiger charge is 2.26. The number of hydrogen-bond acceptors (Lipinski definition) is 1. The molecule has 25 heavy (non-hydrogen) atoms. The van der Waals surface area contributed by atoms with E-state index in [1.54, 1.807) is 0 Å². The molecular weight excluding hydrogens is 326 g/mol. The van der Waals surface area contributed by atoms with Crippen molar-refractivity contribution in [3.63, 3.8) is 0 Å². The van der Waals surface area contributed by atoms with Crippen LogP contribution in [0.4, 0.5) is 0 Å². The van der Waals surface area contributed by atoms with E-state index in [0.29, 0.717) is 0 Å². The molecule has 0 fully saturated rings. The fraction of sp³-hybridized carbons (Fsp3) is 0.739. The van der Waals surface area contributed by atoms with E-state index in [0.717, 1.165) is 19.3 Å². The fourth-order valence-corrected chi connectivity index (χ4v) is 3.74. The molecule has 0 spiro atoms. The van der Waals surface area contributed by atoms with Gasteiger partial charge in [-0.1, -0.05) is 109 Å². The van der Waals surface area contributed by atoms with E-state index in [2.05, 4.69) is 45.0 Å². The third-order valence-electron chi connectivity index (χ3n) is 5.54. The first kappa shape index (κ1) is 24.5. The largest absolute Gasteiger partial charge is 0.321 e. The summed E-state index contributed by atoms with van der Waals surface area (Å²) in [5, 5.41) is 0. The standard InChI is InChI=1S/C23H41N.ClH/c1-4-7-8-9-10-11-12-13-14-17-20-23(24,6-3)22-19-16-15-18-21(22)5-2;/h15-16,18-19H,4-14,17,20,24H2,1-3H3;1H. The van der Waals surface area contributed by atoms with Crippen molar-refractivity contribution >= 4 is 12.4 Å². The Morgan fingerprint density at radius 3 is 1.80 bits per heavy atom. The Bertz CT molecular complexity index is 432. The Hall–Kier alpha value is -0.530. The zero-order chi connectivity index (χ0) is 17.7. The van der Waals surface area contributed by atoms with Gasteiger partial charge in [0.25, 0.3) is 0 Å². The van der Waals surface area contributed by atoms with Gasteiger partial charge in [0.1, 0.15) is 0 Å². The molecule has 1 rings (SSSR count). The van der Waals surface area contributed by atoms with Crippen LogP contribution in [0.5, 0.6) is 0 Å². The maximum absolute atomic E-state index is 6.80. The van der Waals surface area contributed by atoms with Gasteiger partial charge in [-0.3, -0.25) is 0 Å². The highest BCUT2D eigenvalue weighted by molar-refractivity contribution is 5.85. The minimum absolute atomic E-state index is 0. The van der Waals surface area contributed by atoms with Gasteiger partial charge in [-0.15, -0.1) is 12.4 Å². The molecule has 1 atom stereocenters. The zero-order valence-corrected chi connectivity index (χ0v) is 17.8. The highest BCUT2D eigenvalue weighted by Crippen LogP contribution is 2.31. The van der Waals surface area contributed by atoms with Gasteiger partial charge in [0.2, 0.25) is 0 Å². The average molecular weight is 368 g/mol. The van der Waals surface area contributed by atoms with E-state index in [4.69, 9.17) is 5.73 Å². The average Bonchev–Trinajstić information content (AvgIpc) is 2.63. The molecule has 0 radical (unpaired) electrons. The SMILES string of the molecule is CCCCCCCCCCCCC(N)(CC)c1ccccc1CC.Cl. The Balaban J connectivity index is 0.00000576. The van der Waals surface area contributed by atoms with Crippen LogP contribution in [-0.4, -0.2) is 0 Å². The van der Waals surface area contributed by atoms with E-state index < -0.39 is 0 Å². The monoisotopic (exact) mass is 367 g/mol. The van der Waals surface area contributed by atoms with Crippen molar-refractivity contribution in [1.82, 2.24) is 0 Å². The molecule has 0 saturated carbocycles. The molecule has 1 aromatic rings. The first-order valence-corrected chi connectivity index (χ1v) is 10.5. The molecular formula is C23H42ClN. The van der Waals surface area contributed by atoms with Gasteiger partial charge < -0.3 is 5.73 Å². The second-order valence-corrected chi connectivity index (χ2v) is 7.45. The summed E-state index contributed by atoms with van der Waals surface area (Å²) in [6, 6.07) is 8.77. The predicted octanol–water partition coefficient (Wildman–Crippen LogP) is 7.55. The molecule has 0 aliphatic rings. The van der Waals surface area contributed by atoms with Crippen LogP contribution in [0.1, 0.15) is 109 Å². The lowest BCUT2D eigenvalue weighted by Crippen LogP contribution is -2.37. The lowest BCUT2D eigenvalue weighted by atomic mass is 9.80. The molecule has 0 saturated heterocycles. The fourth-order valence-electron chi connectivity index (χ4n) is 3.74. The van der Waals surface area contributed by atoms with Crippen LogP contribution in [-0.2, 0) is 12.0 Å². The van der Waals surface area contributed by atoms with E-state index in [-0.39, 0.29) is 17.9 Å². The maximum Gasteiger partial charge on any atom is 0.0409 e. The van der Waals surface area contributed by atoms with Crippen molar-refractivity contribution in [2.45, 2.75) is 110 Å². The Labute approximate surface area is 163 Å². The second-order valence-electron chi connectivity index (χ2n) is 7.45. The zero-order valence-electron chi connectivity index (χ0n) is 17.0. The van der Waals surface area contributed by atoms with Crippen molar-refractivity contribution in [3.05, 3.63) is 35.4 Å². The second kappa shape index (κ2) is 14.6. The molecule has 0 amide bonds. The van der Waals surface area contributed by atoms with Crippen molar-refractivity contribution in [1.29, 1.82) is 0 Å². The number of rotatable bonds is 14. The van der Waals surface area contributed by atoms with E-state index >= 15 is 0 Å². The van der Waals surface area contributed by atoms with Crippen LogP contribution >= 0.6 is 12.4 Å². The summed E-state index contributed by atoms with van der Waals surface area (Å²) in [5.41, 5.74) is 9.48. The first-order chi connectivity index (χ1) is 11.7. The Morgan fingerprint density at radius 1 is 0.760 bits per heavy atom. The third-order valence-corrected chi connectivity index (χ3v) is 5.54. The van der Waals surface area contributed by atoms with Crippen LogP contribution in [0.15, 0.2) is 24.3 Å². The molecule has 2 heteroatoms. The van der Waals surface area contributed by atoms with E-state index in [1.807, 2.05) is 0 Å². The normalized spacial score (nSPS) is 13.3. The van der Waals surface area contributed by atoms with Crippen LogP contribution in [0.2, 0.25) is 0 Å². The Kier molecular flexibility index (Phi) is 14.3. The first-order valence-electron chi connectivity index (χ1n) is 10.5. The van der Waals surface area contributed by atoms with Gasteiger partial charge in [-0.05, 0) is 30.4 Å². The summed E-state index contributed by atoms with van der Waals surface area (Å²) in [5.74, 6) is 0. The molecule has 146 valence electrons. The number of hydrogen-bond donors (Lipinski definition) is 1. The number of halogens is 1. The smallest absolute Gasteiger partial charge is 0.0409 e. The molecule has 0 aliphatic carbocycles. The van der Waals surface area contributed by atoms with E-state index in [1.165, 1.54) is 75.3 Å². The van der Waals surface area contributed by atoms with Gasteiger partial charge in [0.05, 0.1) is 0 Å². The summed E-state index contributed by atoms with van der Waals surface area (Å²) >= 11 is 0. The van der Waals surface area contributed by atoms with Crippen LogP contribution in [0.25, 0.3) is 0 Å².